The van der Waals surface area contributed by atoms with Crippen molar-refractivity contribution < 1.29 is 36.9 Å². The van der Waals surface area contributed by atoms with Crippen LogP contribution in [0.2, 0.25) is 0 Å². The first kappa shape index (κ1) is 27.8. The Morgan fingerprint density at radius 1 is 0.760 bits per heavy atom. The van der Waals surface area contributed by atoms with Gasteiger partial charge in [-0.05, 0) is 25.7 Å². The molecule has 0 amide bonds. The molecule has 0 spiro atoms. The quantitative estimate of drug-likeness (QED) is 0.0776. The number of carboxylic acid groups (broad SMARTS) is 2. The number of guanidine groups is 2. The summed E-state index contributed by atoms with van der Waals surface area (Å²) in [5.74, 6) is -1.97. The number of nitrogens with zero attached hydrogens (tertiary/aromatic N) is 2. The van der Waals surface area contributed by atoms with E-state index in [-0.39, 0.29) is 29.0 Å². The third kappa shape index (κ3) is 21.9. The van der Waals surface area contributed by atoms with Crippen LogP contribution in [0.3, 0.4) is 0 Å². The van der Waals surface area contributed by atoms with Gasteiger partial charge in [0.05, 0.1) is 0 Å². The van der Waals surface area contributed by atoms with E-state index in [9.17, 15) is 9.59 Å². The van der Waals surface area contributed by atoms with E-state index in [1.807, 2.05) is 0 Å². The van der Waals surface area contributed by atoms with Gasteiger partial charge in [-0.1, -0.05) is 0 Å². The van der Waals surface area contributed by atoms with E-state index in [0.717, 1.165) is 0 Å². The zero-order chi connectivity index (χ0) is 19.1. The van der Waals surface area contributed by atoms with Crippen LogP contribution >= 0.6 is 0 Å². The first-order chi connectivity index (χ1) is 11.1. The Bertz CT molecular complexity index is 399. The second-order valence-corrected chi connectivity index (χ2v) is 4.79. The molecular weight excluding hydrogens is 384 g/mol. The zero-order valence-corrected chi connectivity index (χ0v) is 14.7. The number of hydrogen-bond acceptors (Lipinski definition) is 6. The fourth-order valence-electron chi connectivity index (χ4n) is 1.29. The van der Waals surface area contributed by atoms with Crippen molar-refractivity contribution in [1.29, 1.82) is 0 Å². The molecule has 0 saturated carbocycles. The number of carboxylic acids is 2. The molecule has 25 heavy (non-hydrogen) atoms. The fraction of sp³-hybridized carbons (Fsp3) is 0.667. The summed E-state index contributed by atoms with van der Waals surface area (Å²) < 4.78 is 0. The molecule has 0 aliphatic heterocycles. The van der Waals surface area contributed by atoms with Gasteiger partial charge in [0.1, 0.15) is 12.1 Å². The molecule has 0 aromatic carbocycles. The van der Waals surface area contributed by atoms with Gasteiger partial charge in [-0.25, -0.2) is 0 Å². The molecule has 12 nitrogen and oxygen atoms in total. The maximum atomic E-state index is 10.2. The molecule has 1 radical (unpaired) electrons. The van der Waals surface area contributed by atoms with Crippen LogP contribution in [0.1, 0.15) is 25.7 Å². The predicted molar refractivity (Wildman–Crippen MR) is 91.0 cm³/mol. The van der Waals surface area contributed by atoms with Crippen molar-refractivity contribution in [3.8, 4) is 0 Å². The van der Waals surface area contributed by atoms with Crippen LogP contribution in [0, 0.1) is 0 Å². The summed E-state index contributed by atoms with van der Waals surface area (Å²) in [4.78, 5) is 27.8. The number of hydrogen-bond donors (Lipinski definition) is 8. The van der Waals surface area contributed by atoms with Gasteiger partial charge in [0.25, 0.3) is 0 Å². The van der Waals surface area contributed by atoms with E-state index >= 15 is 0 Å². The minimum atomic E-state index is -1.00. The molecule has 0 aliphatic carbocycles. The van der Waals surface area contributed by atoms with Crippen molar-refractivity contribution in [3.63, 3.8) is 0 Å². The molecule has 0 rings (SSSR count). The molecule has 0 aliphatic rings. The Labute approximate surface area is 156 Å². The van der Waals surface area contributed by atoms with Crippen LogP contribution in [0.4, 0.5) is 0 Å². The number of aliphatic carboxylic acids is 2. The number of aliphatic imine (C=N–C) groups is 2. The van der Waals surface area contributed by atoms with Crippen LogP contribution in [-0.4, -0.2) is 59.2 Å². The molecular formula is C12H28CuN8O4. The summed E-state index contributed by atoms with van der Waals surface area (Å²) in [7, 11) is 0. The van der Waals surface area contributed by atoms with Gasteiger partial charge in [-0.2, -0.15) is 0 Å². The van der Waals surface area contributed by atoms with Crippen LogP contribution < -0.4 is 34.4 Å². The smallest absolute Gasteiger partial charge is 0.320 e. The van der Waals surface area contributed by atoms with Gasteiger partial charge < -0.3 is 44.6 Å². The molecule has 13 heteroatoms. The van der Waals surface area contributed by atoms with Crippen molar-refractivity contribution in [3.05, 3.63) is 0 Å². The topological polar surface area (TPSA) is 255 Å². The molecule has 2 atom stereocenters. The molecule has 14 N–H and O–H groups in total. The number of carbonyl (C=O) groups is 2. The van der Waals surface area contributed by atoms with E-state index < -0.39 is 24.0 Å². The Balaban J connectivity index is -0.000000372. The molecule has 0 unspecified atom stereocenters. The Hall–Kier alpha value is -2.08. The summed E-state index contributed by atoms with van der Waals surface area (Å²) >= 11 is 0. The summed E-state index contributed by atoms with van der Waals surface area (Å²) in [5.41, 5.74) is 30.6. The number of nitrogens with two attached hydrogens (primary N) is 6. The van der Waals surface area contributed by atoms with Crippen molar-refractivity contribution in [2.75, 3.05) is 13.1 Å². The average molecular weight is 412 g/mol. The van der Waals surface area contributed by atoms with Crippen LogP contribution in [0.5, 0.6) is 0 Å². The monoisotopic (exact) mass is 411 g/mol. The minimum Gasteiger partial charge on any atom is -0.480 e. The van der Waals surface area contributed by atoms with E-state index in [4.69, 9.17) is 44.6 Å². The predicted octanol–water partition coefficient (Wildman–Crippen LogP) is -3.10. The first-order valence-corrected chi connectivity index (χ1v) is 7.15. The van der Waals surface area contributed by atoms with Gasteiger partial charge in [-0.15, -0.1) is 0 Å². The van der Waals surface area contributed by atoms with E-state index in [1.54, 1.807) is 0 Å². The molecule has 0 bridgehead atoms. The third-order valence-electron chi connectivity index (χ3n) is 2.57. The summed E-state index contributed by atoms with van der Waals surface area (Å²) in [6.45, 7) is 0.840. The standard InChI is InChI=1S/2C6H14N4O2.Cu/c2*7-4(5(11)12)2-1-3-10-6(8)9;/h2*4H,1-3,7H2,(H,11,12)(H4,8,9,10);/t2*4-;/m10./s1. The molecule has 0 aromatic heterocycles. The maximum Gasteiger partial charge on any atom is 0.320 e. The SMILES string of the molecule is NC(N)=NCCC[C@@H](N)C(=O)O.NC(N)=NCCC[C@H](N)C(=O)O.[Cu]. The molecule has 0 fully saturated rings. The van der Waals surface area contributed by atoms with Gasteiger partial charge in [-0.3, -0.25) is 19.6 Å². The summed E-state index contributed by atoms with van der Waals surface area (Å²) in [5, 5.41) is 16.8. The Kier molecular flexibility index (Phi) is 18.6. The zero-order valence-electron chi connectivity index (χ0n) is 13.8. The second-order valence-electron chi connectivity index (χ2n) is 4.79. The Morgan fingerprint density at radius 3 is 1.24 bits per heavy atom. The van der Waals surface area contributed by atoms with Crippen molar-refractivity contribution in [2.45, 2.75) is 37.8 Å². The van der Waals surface area contributed by atoms with Gasteiger partial charge >= 0.3 is 11.9 Å². The van der Waals surface area contributed by atoms with E-state index in [0.29, 0.717) is 38.8 Å². The molecule has 0 aromatic rings. The summed E-state index contributed by atoms with van der Waals surface area (Å²) in [6.07, 6.45) is 1.91. The van der Waals surface area contributed by atoms with Crippen molar-refractivity contribution in [2.24, 2.45) is 44.4 Å². The third-order valence-corrected chi connectivity index (χ3v) is 2.57. The number of rotatable bonds is 10. The maximum absolute atomic E-state index is 10.2. The van der Waals surface area contributed by atoms with Gasteiger partial charge in [0.15, 0.2) is 11.9 Å². The second kappa shape index (κ2) is 16.8. The van der Waals surface area contributed by atoms with E-state index in [1.165, 1.54) is 0 Å². The van der Waals surface area contributed by atoms with Crippen LogP contribution in [0.25, 0.3) is 0 Å². The average Bonchev–Trinajstić information content (AvgIpc) is 2.47. The van der Waals surface area contributed by atoms with E-state index in [2.05, 4.69) is 9.98 Å². The molecule has 0 heterocycles. The first-order valence-electron chi connectivity index (χ1n) is 7.15. The van der Waals surface area contributed by atoms with Gasteiger partial charge in [0, 0.05) is 30.2 Å². The molecule has 151 valence electrons. The fourth-order valence-corrected chi connectivity index (χ4v) is 1.29. The Morgan fingerprint density at radius 2 is 1.04 bits per heavy atom. The van der Waals surface area contributed by atoms with Crippen molar-refractivity contribution >= 4 is 23.9 Å². The minimum absolute atomic E-state index is 0. The van der Waals surface area contributed by atoms with Crippen LogP contribution in [-0.2, 0) is 26.7 Å². The van der Waals surface area contributed by atoms with Crippen molar-refractivity contribution in [1.82, 2.24) is 0 Å². The normalized spacial score (nSPS) is 11.6. The largest absolute Gasteiger partial charge is 0.480 e. The molecule has 0 saturated heterocycles. The van der Waals surface area contributed by atoms with Crippen LogP contribution in [0.15, 0.2) is 9.98 Å². The van der Waals surface area contributed by atoms with Gasteiger partial charge in [0.2, 0.25) is 0 Å². The summed E-state index contributed by atoms with van der Waals surface area (Å²) in [6, 6.07) is -1.64.